The lowest BCUT2D eigenvalue weighted by molar-refractivity contribution is -0.141. The third kappa shape index (κ3) is 4.27. The van der Waals surface area contributed by atoms with E-state index in [2.05, 4.69) is 29.6 Å². The molecule has 2 fully saturated rings. The number of carboxylic acid groups (broad SMARTS) is 1. The Morgan fingerprint density at radius 1 is 0.941 bits per heavy atom. The molecule has 5 rings (SSSR count). The van der Waals surface area contributed by atoms with Crippen LogP contribution in [0.15, 0.2) is 48.5 Å². The highest BCUT2D eigenvalue weighted by atomic mass is 16.5. The van der Waals surface area contributed by atoms with Gasteiger partial charge in [0.15, 0.2) is 0 Å². The van der Waals surface area contributed by atoms with Crippen molar-refractivity contribution < 1.29 is 24.2 Å². The van der Waals surface area contributed by atoms with Gasteiger partial charge in [-0.05, 0) is 41.5 Å². The zero-order valence-corrected chi connectivity index (χ0v) is 19.1. The van der Waals surface area contributed by atoms with E-state index in [-0.39, 0.29) is 36.9 Å². The predicted octanol–water partition coefficient (Wildman–Crippen LogP) is 4.02. The van der Waals surface area contributed by atoms with Gasteiger partial charge in [-0.2, -0.15) is 0 Å². The number of aliphatic carboxylic acids is 1. The maximum absolute atomic E-state index is 13.1. The standard InChI is InChI=1S/C27H30N2O5/c30-25(29-14-13-17(15-29)26(31)32)22-11-5-6-12-24(22)28-27(33)34-16-23-20-9-3-1-7-18(20)19-8-2-4-10-21(19)23/h1-4,7-10,17,22-24H,5-6,11-16H2,(H,28,33)(H,31,32)/t17?,22-,24+/m0/s1. The number of rotatable bonds is 5. The maximum atomic E-state index is 13.1. The molecule has 0 bridgehead atoms. The third-order valence-corrected chi connectivity index (χ3v) is 7.58. The van der Waals surface area contributed by atoms with Crippen molar-refractivity contribution >= 4 is 18.0 Å². The zero-order valence-electron chi connectivity index (χ0n) is 19.1. The third-order valence-electron chi connectivity index (χ3n) is 7.58. The van der Waals surface area contributed by atoms with E-state index in [1.165, 1.54) is 11.1 Å². The monoisotopic (exact) mass is 462 g/mol. The molecular weight excluding hydrogens is 432 g/mol. The first kappa shape index (κ1) is 22.4. The second-order valence-corrected chi connectivity index (χ2v) is 9.58. The molecule has 2 amide bonds. The number of carbonyl (C=O) groups is 3. The van der Waals surface area contributed by atoms with Crippen LogP contribution in [0.4, 0.5) is 4.79 Å². The number of ether oxygens (including phenoxy) is 1. The second kappa shape index (κ2) is 9.49. The number of hydrogen-bond donors (Lipinski definition) is 2. The molecule has 2 aliphatic carbocycles. The van der Waals surface area contributed by atoms with Crippen LogP contribution >= 0.6 is 0 Å². The number of fused-ring (bicyclic) bond motifs is 3. The summed E-state index contributed by atoms with van der Waals surface area (Å²) in [5.74, 6) is -1.75. The molecular formula is C27H30N2O5. The van der Waals surface area contributed by atoms with Crippen molar-refractivity contribution in [3.05, 3.63) is 59.7 Å². The molecule has 178 valence electrons. The molecule has 1 aliphatic heterocycles. The average molecular weight is 463 g/mol. The van der Waals surface area contributed by atoms with Gasteiger partial charge < -0.3 is 20.1 Å². The molecule has 0 radical (unpaired) electrons. The summed E-state index contributed by atoms with van der Waals surface area (Å²) in [7, 11) is 0. The van der Waals surface area contributed by atoms with E-state index in [1.54, 1.807) is 4.90 Å². The fourth-order valence-corrected chi connectivity index (χ4v) is 5.79. The van der Waals surface area contributed by atoms with Crippen molar-refractivity contribution in [1.82, 2.24) is 10.2 Å². The molecule has 0 aromatic heterocycles. The summed E-state index contributed by atoms with van der Waals surface area (Å²) in [6.07, 6.45) is 3.26. The molecule has 34 heavy (non-hydrogen) atoms. The van der Waals surface area contributed by atoms with E-state index < -0.39 is 18.0 Å². The van der Waals surface area contributed by atoms with E-state index in [1.807, 2.05) is 24.3 Å². The van der Waals surface area contributed by atoms with Crippen molar-refractivity contribution in [1.29, 1.82) is 0 Å². The van der Waals surface area contributed by atoms with Crippen molar-refractivity contribution in [3.8, 4) is 11.1 Å². The Labute approximate surface area is 199 Å². The normalized spacial score (nSPS) is 23.8. The molecule has 3 atom stereocenters. The molecule has 7 nitrogen and oxygen atoms in total. The Hall–Kier alpha value is -3.35. The molecule has 1 heterocycles. The summed E-state index contributed by atoms with van der Waals surface area (Å²) in [6, 6.07) is 16.1. The van der Waals surface area contributed by atoms with E-state index in [4.69, 9.17) is 4.74 Å². The van der Waals surface area contributed by atoms with E-state index in [0.29, 0.717) is 19.4 Å². The SMILES string of the molecule is O=C(N[C@@H]1CCCC[C@@H]1C(=O)N1CCC(C(=O)O)C1)OCC1c2ccccc2-c2ccccc21. The smallest absolute Gasteiger partial charge is 0.407 e. The van der Waals surface area contributed by atoms with Crippen LogP contribution in [0.2, 0.25) is 0 Å². The number of carboxylic acids is 1. The van der Waals surface area contributed by atoms with Crippen LogP contribution in [0.25, 0.3) is 11.1 Å². The molecule has 1 unspecified atom stereocenters. The number of nitrogens with zero attached hydrogens (tertiary/aromatic N) is 1. The number of nitrogens with one attached hydrogen (secondary N) is 1. The van der Waals surface area contributed by atoms with Crippen LogP contribution in [-0.2, 0) is 14.3 Å². The number of amides is 2. The number of alkyl carbamates (subject to hydrolysis) is 1. The highest BCUT2D eigenvalue weighted by molar-refractivity contribution is 5.82. The van der Waals surface area contributed by atoms with Crippen molar-refractivity contribution in [2.75, 3.05) is 19.7 Å². The Kier molecular flexibility index (Phi) is 6.26. The van der Waals surface area contributed by atoms with Crippen LogP contribution in [0.3, 0.4) is 0 Å². The van der Waals surface area contributed by atoms with Gasteiger partial charge in [0.05, 0.1) is 11.8 Å². The molecule has 2 aromatic rings. The Bertz CT molecular complexity index is 1050. The summed E-state index contributed by atoms with van der Waals surface area (Å²) < 4.78 is 5.69. The van der Waals surface area contributed by atoms with Crippen LogP contribution < -0.4 is 5.32 Å². The van der Waals surface area contributed by atoms with E-state index in [9.17, 15) is 19.5 Å². The molecule has 1 saturated heterocycles. The Morgan fingerprint density at radius 3 is 2.24 bits per heavy atom. The largest absolute Gasteiger partial charge is 0.481 e. The molecule has 7 heteroatoms. The first-order valence-corrected chi connectivity index (χ1v) is 12.2. The van der Waals surface area contributed by atoms with Crippen molar-refractivity contribution in [3.63, 3.8) is 0 Å². The summed E-state index contributed by atoms with van der Waals surface area (Å²) in [5, 5.41) is 12.2. The van der Waals surface area contributed by atoms with Crippen LogP contribution in [-0.4, -0.2) is 53.7 Å². The van der Waals surface area contributed by atoms with Crippen LogP contribution in [0.5, 0.6) is 0 Å². The van der Waals surface area contributed by atoms with Crippen LogP contribution in [0.1, 0.15) is 49.1 Å². The van der Waals surface area contributed by atoms with Gasteiger partial charge >= 0.3 is 12.1 Å². The van der Waals surface area contributed by atoms with Crippen LogP contribution in [0, 0.1) is 11.8 Å². The number of likely N-dealkylation sites (tertiary alicyclic amines) is 1. The van der Waals surface area contributed by atoms with E-state index in [0.717, 1.165) is 30.4 Å². The van der Waals surface area contributed by atoms with Crippen molar-refractivity contribution in [2.45, 2.75) is 44.1 Å². The van der Waals surface area contributed by atoms with Gasteiger partial charge in [0, 0.05) is 25.0 Å². The van der Waals surface area contributed by atoms with Gasteiger partial charge in [-0.3, -0.25) is 9.59 Å². The van der Waals surface area contributed by atoms with Crippen molar-refractivity contribution in [2.24, 2.45) is 11.8 Å². The summed E-state index contributed by atoms with van der Waals surface area (Å²) in [5.41, 5.74) is 4.67. The summed E-state index contributed by atoms with van der Waals surface area (Å²) in [6.45, 7) is 0.948. The fraction of sp³-hybridized carbons (Fsp3) is 0.444. The van der Waals surface area contributed by atoms with Gasteiger partial charge in [0.2, 0.25) is 5.91 Å². The van der Waals surface area contributed by atoms with Gasteiger partial charge in [-0.1, -0.05) is 61.4 Å². The highest BCUT2D eigenvalue weighted by Crippen LogP contribution is 2.44. The number of carbonyl (C=O) groups excluding carboxylic acids is 2. The minimum absolute atomic E-state index is 0.0144. The number of hydrogen-bond acceptors (Lipinski definition) is 4. The van der Waals surface area contributed by atoms with Gasteiger partial charge in [0.1, 0.15) is 6.61 Å². The average Bonchev–Trinajstić information content (AvgIpc) is 3.47. The molecule has 3 aliphatic rings. The number of benzene rings is 2. The topological polar surface area (TPSA) is 95.9 Å². The summed E-state index contributed by atoms with van der Waals surface area (Å²) in [4.78, 5) is 38.9. The lowest BCUT2D eigenvalue weighted by Gasteiger charge is -2.33. The van der Waals surface area contributed by atoms with Gasteiger partial charge in [-0.15, -0.1) is 0 Å². The van der Waals surface area contributed by atoms with E-state index >= 15 is 0 Å². The maximum Gasteiger partial charge on any atom is 0.407 e. The Balaban J connectivity index is 1.22. The minimum Gasteiger partial charge on any atom is -0.481 e. The first-order chi connectivity index (χ1) is 16.5. The predicted molar refractivity (Wildman–Crippen MR) is 126 cm³/mol. The minimum atomic E-state index is -0.854. The van der Waals surface area contributed by atoms with Gasteiger partial charge in [0.25, 0.3) is 0 Å². The second-order valence-electron chi connectivity index (χ2n) is 9.58. The highest BCUT2D eigenvalue weighted by Gasteiger charge is 2.39. The quantitative estimate of drug-likeness (QED) is 0.700. The molecule has 0 spiro atoms. The fourth-order valence-electron chi connectivity index (χ4n) is 5.79. The first-order valence-electron chi connectivity index (χ1n) is 12.2. The van der Waals surface area contributed by atoms with Gasteiger partial charge in [-0.25, -0.2) is 4.79 Å². The molecule has 1 saturated carbocycles. The summed E-state index contributed by atoms with van der Waals surface area (Å²) >= 11 is 0. The molecule has 2 N–H and O–H groups in total. The zero-order chi connectivity index (χ0) is 23.7. The molecule has 2 aromatic carbocycles. The lowest BCUT2D eigenvalue weighted by Crippen LogP contribution is -2.49. The Morgan fingerprint density at radius 2 is 1.59 bits per heavy atom. The lowest BCUT2D eigenvalue weighted by atomic mass is 9.83.